The summed E-state index contributed by atoms with van der Waals surface area (Å²) in [6.07, 6.45) is 1.59. The SMILES string of the molecule is CC(C)(C)C(=O)OCOC(=O)C(Cc1c[nH]c2ccccc12)NC(=O)CCC(N)C(=O)O. The molecule has 10 nitrogen and oxygen atoms in total. The summed E-state index contributed by atoms with van der Waals surface area (Å²) in [6.45, 7) is 4.41. The van der Waals surface area contributed by atoms with Crippen molar-refractivity contribution >= 4 is 34.7 Å². The summed E-state index contributed by atoms with van der Waals surface area (Å²) in [5.41, 5.74) is 6.32. The molecule has 2 rings (SSSR count). The van der Waals surface area contributed by atoms with Crippen molar-refractivity contribution < 1.29 is 33.8 Å². The summed E-state index contributed by atoms with van der Waals surface area (Å²) < 4.78 is 10.0. The maximum Gasteiger partial charge on any atom is 0.331 e. The number of hydrogen-bond acceptors (Lipinski definition) is 7. The molecule has 10 heteroatoms. The van der Waals surface area contributed by atoms with Crippen LogP contribution in [0.15, 0.2) is 30.5 Å². The standard InChI is InChI=1S/C22H29N3O7/c1-22(2,3)21(30)32-12-31-20(29)17(25-18(26)9-8-15(23)19(27)28)10-13-11-24-16-7-5-4-6-14(13)16/h4-7,11,15,17,24H,8-10,12,23H2,1-3H3,(H,25,26)(H,27,28). The van der Waals surface area contributed by atoms with E-state index in [2.05, 4.69) is 10.3 Å². The van der Waals surface area contributed by atoms with E-state index in [9.17, 15) is 19.2 Å². The number of amides is 1. The molecule has 174 valence electrons. The molecule has 0 aliphatic carbocycles. The third-order valence-electron chi connectivity index (χ3n) is 4.72. The van der Waals surface area contributed by atoms with Crippen LogP contribution in [0.5, 0.6) is 0 Å². The minimum atomic E-state index is -1.21. The Bertz CT molecular complexity index is 977. The first kappa shape index (κ1) is 24.9. The van der Waals surface area contributed by atoms with Crippen LogP contribution in [0, 0.1) is 5.41 Å². The Labute approximate surface area is 185 Å². The lowest BCUT2D eigenvalue weighted by Gasteiger charge is -2.19. The van der Waals surface area contributed by atoms with Crippen molar-refractivity contribution in [2.45, 2.75) is 52.1 Å². The van der Waals surface area contributed by atoms with Gasteiger partial charge in [-0.05, 0) is 38.8 Å². The molecule has 1 aromatic carbocycles. The van der Waals surface area contributed by atoms with Crippen molar-refractivity contribution in [2.75, 3.05) is 6.79 Å². The van der Waals surface area contributed by atoms with Crippen molar-refractivity contribution in [2.24, 2.45) is 11.1 Å². The van der Waals surface area contributed by atoms with Gasteiger partial charge in [-0.15, -0.1) is 0 Å². The average molecular weight is 447 g/mol. The van der Waals surface area contributed by atoms with Crippen LogP contribution < -0.4 is 11.1 Å². The molecular weight excluding hydrogens is 418 g/mol. The molecule has 0 aliphatic heterocycles. The van der Waals surface area contributed by atoms with Crippen molar-refractivity contribution in [1.29, 1.82) is 0 Å². The highest BCUT2D eigenvalue weighted by Gasteiger charge is 2.27. The van der Waals surface area contributed by atoms with Gasteiger partial charge < -0.3 is 30.6 Å². The van der Waals surface area contributed by atoms with E-state index in [0.29, 0.717) is 0 Å². The second-order valence-corrected chi connectivity index (χ2v) is 8.43. The fourth-order valence-corrected chi connectivity index (χ4v) is 2.85. The Morgan fingerprint density at radius 2 is 1.84 bits per heavy atom. The van der Waals surface area contributed by atoms with E-state index < -0.39 is 48.1 Å². The molecule has 0 bridgehead atoms. The highest BCUT2D eigenvalue weighted by molar-refractivity contribution is 5.87. The summed E-state index contributed by atoms with van der Waals surface area (Å²) in [4.78, 5) is 50.8. The molecule has 1 aromatic heterocycles. The van der Waals surface area contributed by atoms with Gasteiger partial charge in [-0.25, -0.2) is 4.79 Å². The van der Waals surface area contributed by atoms with E-state index >= 15 is 0 Å². The molecule has 0 fully saturated rings. The van der Waals surface area contributed by atoms with Gasteiger partial charge in [0, 0.05) is 29.9 Å². The van der Waals surface area contributed by atoms with Gasteiger partial charge in [0.05, 0.1) is 5.41 Å². The first-order valence-corrected chi connectivity index (χ1v) is 10.2. The number of aromatic amines is 1. The molecule has 2 aromatic rings. The van der Waals surface area contributed by atoms with Gasteiger partial charge in [0.25, 0.3) is 0 Å². The summed E-state index contributed by atoms with van der Waals surface area (Å²) in [5, 5.41) is 12.3. The monoisotopic (exact) mass is 447 g/mol. The summed E-state index contributed by atoms with van der Waals surface area (Å²) in [7, 11) is 0. The van der Waals surface area contributed by atoms with Gasteiger partial charge >= 0.3 is 17.9 Å². The molecule has 0 saturated heterocycles. The number of carboxylic acid groups (broad SMARTS) is 1. The zero-order valence-corrected chi connectivity index (χ0v) is 18.3. The van der Waals surface area contributed by atoms with E-state index in [1.807, 2.05) is 24.3 Å². The number of carbonyl (C=O) groups excluding carboxylic acids is 3. The minimum Gasteiger partial charge on any atom is -0.480 e. The number of nitrogens with two attached hydrogens (primary N) is 1. The Balaban J connectivity index is 2.07. The van der Waals surface area contributed by atoms with Crippen molar-refractivity contribution in [3.63, 3.8) is 0 Å². The number of benzene rings is 1. The number of esters is 2. The van der Waals surface area contributed by atoms with Gasteiger partial charge in [0.1, 0.15) is 12.1 Å². The van der Waals surface area contributed by atoms with Crippen LogP contribution in [-0.4, -0.2) is 52.8 Å². The topological polar surface area (TPSA) is 161 Å². The van der Waals surface area contributed by atoms with Crippen molar-refractivity contribution in [3.05, 3.63) is 36.0 Å². The molecule has 0 radical (unpaired) electrons. The van der Waals surface area contributed by atoms with E-state index in [1.165, 1.54) is 0 Å². The van der Waals surface area contributed by atoms with Crippen molar-refractivity contribution in [3.8, 4) is 0 Å². The molecule has 0 aliphatic rings. The van der Waals surface area contributed by atoms with Crippen LogP contribution in [0.2, 0.25) is 0 Å². The quantitative estimate of drug-likeness (QED) is 0.314. The predicted molar refractivity (Wildman–Crippen MR) is 115 cm³/mol. The van der Waals surface area contributed by atoms with Crippen LogP contribution in [0.25, 0.3) is 10.9 Å². The minimum absolute atomic E-state index is 0.0841. The second kappa shape index (κ2) is 10.8. The number of rotatable bonds is 10. The first-order chi connectivity index (χ1) is 15.0. The number of carboxylic acids is 1. The molecule has 0 spiro atoms. The number of ether oxygens (including phenoxy) is 2. The molecule has 1 heterocycles. The zero-order chi connectivity index (χ0) is 23.9. The fourth-order valence-electron chi connectivity index (χ4n) is 2.85. The number of para-hydroxylation sites is 1. The van der Waals surface area contributed by atoms with Gasteiger partial charge in [-0.1, -0.05) is 18.2 Å². The first-order valence-electron chi connectivity index (χ1n) is 10.2. The fraction of sp³-hybridized carbons (Fsp3) is 0.455. The van der Waals surface area contributed by atoms with E-state index in [1.54, 1.807) is 27.0 Å². The molecule has 2 atom stereocenters. The van der Waals surface area contributed by atoms with Crippen LogP contribution in [0.4, 0.5) is 0 Å². The number of nitrogens with one attached hydrogen (secondary N) is 2. The Morgan fingerprint density at radius 1 is 1.16 bits per heavy atom. The Kier molecular flexibility index (Phi) is 8.36. The third-order valence-corrected chi connectivity index (χ3v) is 4.72. The lowest BCUT2D eigenvalue weighted by atomic mass is 9.98. The number of aliphatic carboxylic acids is 1. The third kappa shape index (κ3) is 7.09. The zero-order valence-electron chi connectivity index (χ0n) is 18.3. The van der Waals surface area contributed by atoms with Crippen LogP contribution in [-0.2, 0) is 35.1 Å². The Hall–Kier alpha value is -3.40. The number of aromatic nitrogens is 1. The smallest absolute Gasteiger partial charge is 0.331 e. The Morgan fingerprint density at radius 3 is 2.50 bits per heavy atom. The van der Waals surface area contributed by atoms with E-state index in [4.69, 9.17) is 20.3 Å². The largest absolute Gasteiger partial charge is 0.480 e. The molecule has 1 amide bonds. The second-order valence-electron chi connectivity index (χ2n) is 8.43. The number of H-pyrrole nitrogens is 1. The van der Waals surface area contributed by atoms with Crippen LogP contribution in [0.3, 0.4) is 0 Å². The van der Waals surface area contributed by atoms with Crippen LogP contribution >= 0.6 is 0 Å². The van der Waals surface area contributed by atoms with Gasteiger partial charge in [-0.3, -0.25) is 14.4 Å². The highest BCUT2D eigenvalue weighted by Crippen LogP contribution is 2.20. The highest BCUT2D eigenvalue weighted by atomic mass is 16.7. The molecule has 32 heavy (non-hydrogen) atoms. The number of hydrogen-bond donors (Lipinski definition) is 4. The molecular formula is C22H29N3O7. The summed E-state index contributed by atoms with van der Waals surface area (Å²) in [5.74, 6) is -3.08. The lowest BCUT2D eigenvalue weighted by Crippen LogP contribution is -2.44. The molecule has 2 unspecified atom stereocenters. The predicted octanol–water partition coefficient (Wildman–Crippen LogP) is 1.48. The number of carbonyl (C=O) groups is 4. The summed E-state index contributed by atoms with van der Waals surface area (Å²) in [6, 6.07) is 5.22. The van der Waals surface area contributed by atoms with Crippen molar-refractivity contribution in [1.82, 2.24) is 10.3 Å². The normalized spacial score (nSPS) is 13.2. The van der Waals surface area contributed by atoms with Crippen LogP contribution in [0.1, 0.15) is 39.2 Å². The van der Waals surface area contributed by atoms with E-state index in [-0.39, 0.29) is 19.3 Å². The maximum atomic E-state index is 12.7. The van der Waals surface area contributed by atoms with Gasteiger partial charge in [0.15, 0.2) is 0 Å². The maximum absolute atomic E-state index is 12.7. The van der Waals surface area contributed by atoms with Gasteiger partial charge in [-0.2, -0.15) is 0 Å². The number of fused-ring (bicyclic) bond motifs is 1. The average Bonchev–Trinajstić information content (AvgIpc) is 3.13. The lowest BCUT2D eigenvalue weighted by molar-refractivity contribution is -0.174. The summed E-state index contributed by atoms with van der Waals surface area (Å²) >= 11 is 0. The molecule has 0 saturated carbocycles. The molecule has 5 N–H and O–H groups in total. The van der Waals surface area contributed by atoms with E-state index in [0.717, 1.165) is 16.5 Å². The van der Waals surface area contributed by atoms with Gasteiger partial charge in [0.2, 0.25) is 12.7 Å².